The molecule has 0 amide bonds. The molecule has 1 saturated heterocycles. The molecule has 0 saturated carbocycles. The van der Waals surface area contributed by atoms with Gasteiger partial charge in [0.25, 0.3) is 0 Å². The van der Waals surface area contributed by atoms with Gasteiger partial charge < -0.3 is 5.32 Å². The maximum absolute atomic E-state index is 3.91. The Bertz CT molecular complexity index is 1330. The van der Waals surface area contributed by atoms with Crippen molar-refractivity contribution in [2.24, 2.45) is 0 Å². The molecule has 0 spiro atoms. The summed E-state index contributed by atoms with van der Waals surface area (Å²) in [6.07, 6.45) is 2.33. The van der Waals surface area contributed by atoms with Crippen molar-refractivity contribution in [3.05, 3.63) is 156 Å². The molecule has 1 nitrogen and oxygen atoms in total. The highest BCUT2D eigenvalue weighted by Crippen LogP contribution is 2.46. The number of nitrogens with one attached hydrogen (secondary N) is 1. The van der Waals surface area contributed by atoms with Gasteiger partial charge in [0.05, 0.1) is 5.41 Å². The standard InChI is InChI=1S/C35H31N/c1-4-13-27(14-5-1)29-17-10-21-32(25-29)35(34-23-12-24-36-34,31-19-8-3-9-20-31)33-22-11-18-30(26-33)28-15-6-2-7-16-28/h1-11,13-22,25-26,34,36H,12,23-24H2. The van der Waals surface area contributed by atoms with Crippen LogP contribution in [-0.4, -0.2) is 12.6 Å². The summed E-state index contributed by atoms with van der Waals surface area (Å²) in [6.45, 7) is 1.05. The number of benzene rings is 5. The van der Waals surface area contributed by atoms with E-state index in [1.807, 2.05) is 0 Å². The van der Waals surface area contributed by atoms with Gasteiger partial charge >= 0.3 is 0 Å². The molecule has 0 bridgehead atoms. The zero-order valence-electron chi connectivity index (χ0n) is 20.5. The average molecular weight is 466 g/mol. The van der Waals surface area contributed by atoms with E-state index in [0.29, 0.717) is 6.04 Å². The van der Waals surface area contributed by atoms with E-state index in [-0.39, 0.29) is 5.41 Å². The second-order valence-corrected chi connectivity index (χ2v) is 9.72. The van der Waals surface area contributed by atoms with Crippen molar-refractivity contribution in [3.63, 3.8) is 0 Å². The Kier molecular flexibility index (Phi) is 6.24. The lowest BCUT2D eigenvalue weighted by atomic mass is 9.63. The van der Waals surface area contributed by atoms with Crippen LogP contribution >= 0.6 is 0 Å². The first kappa shape index (κ1) is 22.5. The average Bonchev–Trinajstić information content (AvgIpc) is 3.51. The minimum Gasteiger partial charge on any atom is -0.312 e. The van der Waals surface area contributed by atoms with Gasteiger partial charge in [0.2, 0.25) is 0 Å². The van der Waals surface area contributed by atoms with Crippen LogP contribution in [0.3, 0.4) is 0 Å². The Hall–Kier alpha value is -3.94. The van der Waals surface area contributed by atoms with Crippen molar-refractivity contribution in [2.75, 3.05) is 6.54 Å². The molecule has 1 aliphatic rings. The summed E-state index contributed by atoms with van der Waals surface area (Å²) in [5.74, 6) is 0. The van der Waals surface area contributed by atoms with Gasteiger partial charge in [0, 0.05) is 6.04 Å². The zero-order chi connectivity index (χ0) is 24.2. The van der Waals surface area contributed by atoms with Crippen molar-refractivity contribution >= 4 is 0 Å². The number of hydrogen-bond donors (Lipinski definition) is 1. The molecule has 1 heteroatoms. The molecule has 1 heterocycles. The summed E-state index contributed by atoms with van der Waals surface area (Å²) in [6, 6.07) is 51.3. The molecule has 36 heavy (non-hydrogen) atoms. The fourth-order valence-electron chi connectivity index (χ4n) is 6.01. The molecule has 0 radical (unpaired) electrons. The summed E-state index contributed by atoms with van der Waals surface area (Å²) in [7, 11) is 0. The van der Waals surface area contributed by atoms with Gasteiger partial charge in [-0.25, -0.2) is 0 Å². The third-order valence-corrected chi connectivity index (χ3v) is 7.66. The topological polar surface area (TPSA) is 12.0 Å². The lowest BCUT2D eigenvalue weighted by Gasteiger charge is -2.42. The first-order valence-electron chi connectivity index (χ1n) is 13.0. The molecule has 5 aromatic rings. The maximum Gasteiger partial charge on any atom is 0.0604 e. The van der Waals surface area contributed by atoms with E-state index in [1.54, 1.807) is 0 Å². The van der Waals surface area contributed by atoms with E-state index in [9.17, 15) is 0 Å². The van der Waals surface area contributed by atoms with Gasteiger partial charge in [-0.2, -0.15) is 0 Å². The Morgan fingerprint density at radius 2 is 0.917 bits per heavy atom. The first-order valence-corrected chi connectivity index (χ1v) is 13.0. The zero-order valence-corrected chi connectivity index (χ0v) is 20.5. The molecule has 0 aliphatic carbocycles. The molecule has 176 valence electrons. The smallest absolute Gasteiger partial charge is 0.0604 e. The van der Waals surface area contributed by atoms with Crippen LogP contribution in [0.25, 0.3) is 22.3 Å². The second-order valence-electron chi connectivity index (χ2n) is 9.72. The lowest BCUT2D eigenvalue weighted by Crippen LogP contribution is -2.47. The van der Waals surface area contributed by atoms with Crippen LogP contribution in [0.5, 0.6) is 0 Å². The van der Waals surface area contributed by atoms with Crippen molar-refractivity contribution in [2.45, 2.75) is 24.3 Å². The quantitative estimate of drug-likeness (QED) is 0.250. The maximum atomic E-state index is 3.91. The third-order valence-electron chi connectivity index (χ3n) is 7.66. The highest BCUT2D eigenvalue weighted by Gasteiger charge is 2.45. The normalized spacial score (nSPS) is 15.6. The molecule has 1 unspecified atom stereocenters. The van der Waals surface area contributed by atoms with Crippen LogP contribution in [-0.2, 0) is 5.41 Å². The largest absolute Gasteiger partial charge is 0.312 e. The minimum absolute atomic E-state index is 0.303. The van der Waals surface area contributed by atoms with Crippen molar-refractivity contribution < 1.29 is 0 Å². The monoisotopic (exact) mass is 465 g/mol. The highest BCUT2D eigenvalue weighted by molar-refractivity contribution is 5.69. The molecule has 5 aromatic carbocycles. The van der Waals surface area contributed by atoms with E-state index < -0.39 is 0 Å². The number of hydrogen-bond acceptors (Lipinski definition) is 1. The van der Waals surface area contributed by atoms with E-state index in [4.69, 9.17) is 0 Å². The predicted molar refractivity (Wildman–Crippen MR) is 151 cm³/mol. The molecule has 1 fully saturated rings. The van der Waals surface area contributed by atoms with Crippen LogP contribution in [0, 0.1) is 0 Å². The minimum atomic E-state index is -0.312. The van der Waals surface area contributed by atoms with Gasteiger partial charge in [0.1, 0.15) is 0 Å². The van der Waals surface area contributed by atoms with E-state index in [0.717, 1.165) is 13.0 Å². The molecule has 1 N–H and O–H groups in total. The van der Waals surface area contributed by atoms with Gasteiger partial charge in [-0.3, -0.25) is 0 Å². The third kappa shape index (κ3) is 4.06. The summed E-state index contributed by atoms with van der Waals surface area (Å²) in [5.41, 5.74) is 8.70. The lowest BCUT2D eigenvalue weighted by molar-refractivity contribution is 0.436. The Morgan fingerprint density at radius 3 is 1.39 bits per heavy atom. The van der Waals surface area contributed by atoms with E-state index in [2.05, 4.69) is 145 Å². The van der Waals surface area contributed by atoms with Crippen molar-refractivity contribution in [1.82, 2.24) is 5.32 Å². The van der Waals surface area contributed by atoms with Crippen molar-refractivity contribution in [3.8, 4) is 22.3 Å². The van der Waals surface area contributed by atoms with Gasteiger partial charge in [0.15, 0.2) is 0 Å². The van der Waals surface area contributed by atoms with E-state index in [1.165, 1.54) is 45.4 Å². The fraction of sp³-hybridized carbons (Fsp3) is 0.143. The van der Waals surface area contributed by atoms with Crippen LogP contribution in [0.4, 0.5) is 0 Å². The van der Waals surface area contributed by atoms with Crippen molar-refractivity contribution in [1.29, 1.82) is 0 Å². The summed E-state index contributed by atoms with van der Waals surface area (Å²) >= 11 is 0. The molecular formula is C35H31N. The Balaban J connectivity index is 1.62. The molecule has 0 aromatic heterocycles. The Labute approximate surface area is 214 Å². The first-order chi connectivity index (χ1) is 17.9. The van der Waals surface area contributed by atoms with Crippen LogP contribution < -0.4 is 5.32 Å². The van der Waals surface area contributed by atoms with E-state index >= 15 is 0 Å². The second kappa shape index (κ2) is 9.97. The molecule has 6 rings (SSSR count). The SMILES string of the molecule is c1ccc(-c2cccc(C(c3ccccc3)(c3cccc(-c4ccccc4)c3)C3CCCN3)c2)cc1. The van der Waals surface area contributed by atoms with Gasteiger partial charge in [-0.05, 0) is 70.5 Å². The molecular weight excluding hydrogens is 434 g/mol. The highest BCUT2D eigenvalue weighted by atomic mass is 15.0. The van der Waals surface area contributed by atoms with Crippen LogP contribution in [0.15, 0.2) is 140 Å². The molecule has 1 aliphatic heterocycles. The summed E-state index contributed by atoms with van der Waals surface area (Å²) in [5, 5.41) is 3.91. The fourth-order valence-corrected chi connectivity index (χ4v) is 6.01. The summed E-state index contributed by atoms with van der Waals surface area (Å²) in [4.78, 5) is 0. The predicted octanol–water partition coefficient (Wildman–Crippen LogP) is 8.11. The Morgan fingerprint density at radius 1 is 0.472 bits per heavy atom. The van der Waals surface area contributed by atoms with Gasteiger partial charge in [-0.1, -0.05) is 127 Å². The van der Waals surface area contributed by atoms with Crippen LogP contribution in [0.2, 0.25) is 0 Å². The van der Waals surface area contributed by atoms with Gasteiger partial charge in [-0.15, -0.1) is 0 Å². The summed E-state index contributed by atoms with van der Waals surface area (Å²) < 4.78 is 0. The molecule has 1 atom stereocenters. The number of rotatable bonds is 6. The van der Waals surface area contributed by atoms with Crippen LogP contribution in [0.1, 0.15) is 29.5 Å².